The van der Waals surface area contributed by atoms with Gasteiger partial charge in [0.15, 0.2) is 5.13 Å². The standard InChI is InChI=1S/C19H18N4O3S3/c1-11-5-4-6-15-18(11)22-19(28-15)21-17(24)10-23(3)29(25,26)13-7-8-14-16(9-13)27-12(2)20-14/h4-9H,10H2,1-3H3,(H,21,22,24). The zero-order chi connectivity index (χ0) is 20.8. The lowest BCUT2D eigenvalue weighted by Crippen LogP contribution is -2.34. The third-order valence-corrected chi connectivity index (χ3v) is 8.08. The van der Waals surface area contributed by atoms with E-state index < -0.39 is 15.9 Å². The highest BCUT2D eigenvalue weighted by Gasteiger charge is 2.24. The number of hydrogen-bond acceptors (Lipinski definition) is 7. The van der Waals surface area contributed by atoms with Gasteiger partial charge in [-0.25, -0.2) is 18.4 Å². The van der Waals surface area contributed by atoms with Gasteiger partial charge < -0.3 is 5.32 Å². The van der Waals surface area contributed by atoms with Gasteiger partial charge in [-0.15, -0.1) is 11.3 Å². The van der Waals surface area contributed by atoms with E-state index in [1.807, 2.05) is 32.0 Å². The second kappa shape index (κ2) is 7.45. The first-order valence-corrected chi connectivity index (χ1v) is 11.8. The van der Waals surface area contributed by atoms with E-state index >= 15 is 0 Å². The summed E-state index contributed by atoms with van der Waals surface area (Å²) >= 11 is 2.79. The fourth-order valence-electron chi connectivity index (χ4n) is 2.95. The second-order valence-corrected chi connectivity index (χ2v) is 10.9. The number of thiazole rings is 2. The number of sulfonamides is 1. The monoisotopic (exact) mass is 446 g/mol. The number of carbonyl (C=O) groups excluding carboxylic acids is 1. The molecule has 0 saturated carbocycles. The summed E-state index contributed by atoms with van der Waals surface area (Å²) in [6.45, 7) is 3.52. The molecule has 4 aromatic rings. The van der Waals surface area contributed by atoms with Crippen LogP contribution in [0.1, 0.15) is 10.6 Å². The van der Waals surface area contributed by atoms with Crippen molar-refractivity contribution in [1.29, 1.82) is 0 Å². The Balaban J connectivity index is 1.51. The summed E-state index contributed by atoms with van der Waals surface area (Å²) < 4.78 is 28.5. The topological polar surface area (TPSA) is 92.3 Å². The second-order valence-electron chi connectivity index (χ2n) is 6.61. The number of nitrogens with zero attached hydrogens (tertiary/aromatic N) is 3. The summed E-state index contributed by atoms with van der Waals surface area (Å²) in [5, 5.41) is 4.02. The Morgan fingerprint density at radius 3 is 2.66 bits per heavy atom. The lowest BCUT2D eigenvalue weighted by Gasteiger charge is -2.16. The number of aryl methyl sites for hydroxylation is 2. The number of fused-ring (bicyclic) bond motifs is 2. The van der Waals surface area contributed by atoms with Crippen LogP contribution in [-0.4, -0.2) is 42.2 Å². The minimum atomic E-state index is -3.81. The summed E-state index contributed by atoms with van der Waals surface area (Å²) in [6, 6.07) is 10.6. The van der Waals surface area contributed by atoms with E-state index in [4.69, 9.17) is 0 Å². The average Bonchev–Trinajstić information content (AvgIpc) is 3.23. The fraction of sp³-hybridized carbons (Fsp3) is 0.211. The van der Waals surface area contributed by atoms with Crippen molar-refractivity contribution in [2.24, 2.45) is 0 Å². The number of likely N-dealkylation sites (N-methyl/N-ethyl adjacent to an activating group) is 1. The number of hydrogen-bond donors (Lipinski definition) is 1. The molecule has 10 heteroatoms. The molecule has 2 heterocycles. The minimum Gasteiger partial charge on any atom is -0.301 e. The maximum atomic E-state index is 12.9. The van der Waals surface area contributed by atoms with Crippen LogP contribution >= 0.6 is 22.7 Å². The van der Waals surface area contributed by atoms with E-state index in [0.29, 0.717) is 5.13 Å². The highest BCUT2D eigenvalue weighted by molar-refractivity contribution is 7.89. The molecule has 2 aromatic heterocycles. The van der Waals surface area contributed by atoms with Crippen LogP contribution < -0.4 is 5.32 Å². The molecule has 0 aliphatic heterocycles. The highest BCUT2D eigenvalue weighted by Crippen LogP contribution is 2.28. The summed E-state index contributed by atoms with van der Waals surface area (Å²) in [5.41, 5.74) is 2.62. The van der Waals surface area contributed by atoms with Crippen LogP contribution in [0.4, 0.5) is 5.13 Å². The van der Waals surface area contributed by atoms with Crippen molar-refractivity contribution < 1.29 is 13.2 Å². The summed E-state index contributed by atoms with van der Waals surface area (Å²) in [5.74, 6) is -0.442. The molecule has 1 amide bonds. The van der Waals surface area contributed by atoms with Crippen molar-refractivity contribution in [1.82, 2.24) is 14.3 Å². The summed E-state index contributed by atoms with van der Waals surface area (Å²) in [6.07, 6.45) is 0. The Labute approximate surface area is 176 Å². The van der Waals surface area contributed by atoms with Crippen molar-refractivity contribution >= 4 is 64.2 Å². The molecular formula is C19H18N4O3S3. The maximum absolute atomic E-state index is 12.9. The Bertz CT molecular complexity index is 1340. The Morgan fingerprint density at radius 1 is 1.10 bits per heavy atom. The maximum Gasteiger partial charge on any atom is 0.243 e. The number of benzene rings is 2. The number of carbonyl (C=O) groups is 1. The van der Waals surface area contributed by atoms with Gasteiger partial charge >= 0.3 is 0 Å². The lowest BCUT2D eigenvalue weighted by atomic mass is 10.2. The molecule has 2 aromatic carbocycles. The molecule has 0 aliphatic rings. The van der Waals surface area contributed by atoms with Crippen LogP contribution in [0.25, 0.3) is 20.4 Å². The zero-order valence-corrected chi connectivity index (χ0v) is 18.4. The third-order valence-electron chi connectivity index (χ3n) is 4.41. The molecule has 0 bridgehead atoms. The summed E-state index contributed by atoms with van der Waals surface area (Å²) in [4.78, 5) is 21.3. The normalized spacial score (nSPS) is 12.1. The number of para-hydroxylation sites is 1. The van der Waals surface area contributed by atoms with Gasteiger partial charge in [0.2, 0.25) is 15.9 Å². The van der Waals surface area contributed by atoms with Gasteiger partial charge in [0.1, 0.15) is 0 Å². The van der Waals surface area contributed by atoms with E-state index in [9.17, 15) is 13.2 Å². The molecule has 4 rings (SSSR count). The molecule has 0 aliphatic carbocycles. The Hall–Kier alpha value is -2.40. The minimum absolute atomic E-state index is 0.138. The number of anilines is 1. The number of amides is 1. The zero-order valence-electron chi connectivity index (χ0n) is 16.0. The molecule has 0 fully saturated rings. The molecule has 7 nitrogen and oxygen atoms in total. The smallest absolute Gasteiger partial charge is 0.243 e. The van der Waals surface area contributed by atoms with E-state index in [0.717, 1.165) is 35.3 Å². The first-order chi connectivity index (χ1) is 13.7. The molecule has 0 atom stereocenters. The fourth-order valence-corrected chi connectivity index (χ4v) is 6.00. The third kappa shape index (κ3) is 3.88. The highest BCUT2D eigenvalue weighted by atomic mass is 32.2. The van der Waals surface area contributed by atoms with Gasteiger partial charge in [0.05, 0.1) is 36.9 Å². The van der Waals surface area contributed by atoms with Gasteiger partial charge in [0, 0.05) is 7.05 Å². The van der Waals surface area contributed by atoms with Crippen molar-refractivity contribution in [2.45, 2.75) is 18.7 Å². The quantitative estimate of drug-likeness (QED) is 0.504. The predicted octanol–water partition coefficient (Wildman–Crippen LogP) is 3.78. The lowest BCUT2D eigenvalue weighted by molar-refractivity contribution is -0.116. The van der Waals surface area contributed by atoms with E-state index in [1.54, 1.807) is 12.1 Å². The van der Waals surface area contributed by atoms with Crippen molar-refractivity contribution in [3.05, 3.63) is 47.0 Å². The van der Waals surface area contributed by atoms with Gasteiger partial charge in [-0.05, 0) is 43.7 Å². The molecule has 1 N–H and O–H groups in total. The van der Waals surface area contributed by atoms with Gasteiger partial charge in [0.25, 0.3) is 0 Å². The molecule has 150 valence electrons. The first-order valence-electron chi connectivity index (χ1n) is 8.73. The number of rotatable bonds is 5. The van der Waals surface area contributed by atoms with E-state index in [-0.39, 0.29) is 11.4 Å². The SMILES string of the molecule is Cc1nc2ccc(S(=O)(=O)N(C)CC(=O)Nc3nc4c(C)cccc4s3)cc2s1. The molecule has 29 heavy (non-hydrogen) atoms. The molecule has 0 spiro atoms. The van der Waals surface area contributed by atoms with E-state index in [1.165, 1.54) is 35.8 Å². The van der Waals surface area contributed by atoms with Gasteiger partial charge in [-0.2, -0.15) is 4.31 Å². The van der Waals surface area contributed by atoms with E-state index in [2.05, 4.69) is 15.3 Å². The number of aromatic nitrogens is 2. The molecule has 0 unspecified atom stereocenters. The number of nitrogens with one attached hydrogen (secondary N) is 1. The van der Waals surface area contributed by atoms with Crippen LogP contribution in [0.2, 0.25) is 0 Å². The van der Waals surface area contributed by atoms with Crippen LogP contribution in [0.5, 0.6) is 0 Å². The van der Waals surface area contributed by atoms with Crippen LogP contribution in [0.3, 0.4) is 0 Å². The Kier molecular flexibility index (Phi) is 5.11. The van der Waals surface area contributed by atoms with Crippen molar-refractivity contribution in [3.8, 4) is 0 Å². The largest absolute Gasteiger partial charge is 0.301 e. The molecular weight excluding hydrogens is 428 g/mol. The van der Waals surface area contributed by atoms with Crippen LogP contribution in [0, 0.1) is 13.8 Å². The average molecular weight is 447 g/mol. The van der Waals surface area contributed by atoms with Crippen molar-refractivity contribution in [3.63, 3.8) is 0 Å². The molecule has 0 radical (unpaired) electrons. The predicted molar refractivity (Wildman–Crippen MR) is 117 cm³/mol. The summed E-state index contributed by atoms with van der Waals surface area (Å²) in [7, 11) is -2.42. The molecule has 0 saturated heterocycles. The van der Waals surface area contributed by atoms with Gasteiger partial charge in [-0.1, -0.05) is 23.5 Å². The van der Waals surface area contributed by atoms with Gasteiger partial charge in [-0.3, -0.25) is 4.79 Å². The van der Waals surface area contributed by atoms with Crippen LogP contribution in [-0.2, 0) is 14.8 Å². The Morgan fingerprint density at radius 2 is 1.90 bits per heavy atom. The van der Waals surface area contributed by atoms with Crippen LogP contribution in [0.15, 0.2) is 41.3 Å². The first kappa shape index (κ1) is 19.9. The van der Waals surface area contributed by atoms with Crippen molar-refractivity contribution in [2.75, 3.05) is 18.9 Å².